The van der Waals surface area contributed by atoms with Crippen LogP contribution in [-0.4, -0.2) is 35.5 Å². The molecular formula is C25H26N4O4. The molecule has 2 N–H and O–H groups in total. The molecule has 0 fully saturated rings. The number of aryl methyl sites for hydroxylation is 1. The quantitative estimate of drug-likeness (QED) is 0.557. The third-order valence-electron chi connectivity index (χ3n) is 5.50. The van der Waals surface area contributed by atoms with Gasteiger partial charge in [0.15, 0.2) is 0 Å². The van der Waals surface area contributed by atoms with Crippen LogP contribution in [0.5, 0.6) is 5.75 Å². The Hall–Kier alpha value is -4.07. The van der Waals surface area contributed by atoms with Crippen LogP contribution in [0.2, 0.25) is 0 Å². The number of rotatable bonds is 6. The van der Waals surface area contributed by atoms with Gasteiger partial charge in [0.2, 0.25) is 0 Å². The Bertz CT molecular complexity index is 1230. The van der Waals surface area contributed by atoms with E-state index < -0.39 is 18.0 Å². The zero-order valence-corrected chi connectivity index (χ0v) is 19.0. The number of nitrogens with one attached hydrogen (secondary N) is 2. The summed E-state index contributed by atoms with van der Waals surface area (Å²) in [7, 11) is 1.32. The molecule has 0 radical (unpaired) electrons. The van der Waals surface area contributed by atoms with Gasteiger partial charge in [-0.25, -0.2) is 14.3 Å². The normalized spacial score (nSPS) is 15.6. The van der Waals surface area contributed by atoms with Gasteiger partial charge in [-0.2, -0.15) is 5.10 Å². The number of para-hydroxylation sites is 1. The number of nitrogens with zero attached hydrogens (tertiary/aromatic N) is 2. The number of ether oxygens (including phenoxy) is 2. The number of carbonyl (C=O) groups excluding carboxylic acids is 2. The summed E-state index contributed by atoms with van der Waals surface area (Å²) in [4.78, 5) is 25.0. The van der Waals surface area contributed by atoms with E-state index in [1.165, 1.54) is 7.11 Å². The molecule has 0 spiro atoms. The van der Waals surface area contributed by atoms with E-state index in [-0.39, 0.29) is 0 Å². The van der Waals surface area contributed by atoms with Crippen LogP contribution in [0.3, 0.4) is 0 Å². The number of amides is 2. The number of allylic oxidation sites excluding steroid dienone is 1. The van der Waals surface area contributed by atoms with Crippen molar-refractivity contribution in [3.05, 3.63) is 77.1 Å². The Labute approximate surface area is 192 Å². The van der Waals surface area contributed by atoms with Gasteiger partial charge >= 0.3 is 12.0 Å². The lowest BCUT2D eigenvalue weighted by Gasteiger charge is -2.27. The molecule has 1 aliphatic rings. The summed E-state index contributed by atoms with van der Waals surface area (Å²) in [5.41, 5.74) is 4.75. The van der Waals surface area contributed by atoms with Gasteiger partial charge in [-0.15, -0.1) is 0 Å². The average Bonchev–Trinajstić information content (AvgIpc) is 3.25. The van der Waals surface area contributed by atoms with Crippen molar-refractivity contribution >= 4 is 12.0 Å². The van der Waals surface area contributed by atoms with Crippen LogP contribution >= 0.6 is 0 Å². The summed E-state index contributed by atoms with van der Waals surface area (Å²) >= 11 is 0. The van der Waals surface area contributed by atoms with Gasteiger partial charge in [0, 0.05) is 23.0 Å². The van der Waals surface area contributed by atoms with Crippen LogP contribution in [0.15, 0.2) is 66.0 Å². The molecule has 1 atom stereocenters. The molecule has 0 saturated heterocycles. The van der Waals surface area contributed by atoms with Gasteiger partial charge < -0.3 is 20.1 Å². The maximum absolute atomic E-state index is 12.6. The van der Waals surface area contributed by atoms with Crippen LogP contribution < -0.4 is 15.4 Å². The van der Waals surface area contributed by atoms with E-state index in [1.807, 2.05) is 68.6 Å². The monoisotopic (exact) mass is 446 g/mol. The molecule has 8 heteroatoms. The number of hydrogen-bond donors (Lipinski definition) is 2. The molecule has 0 saturated carbocycles. The van der Waals surface area contributed by atoms with Crippen LogP contribution in [0.25, 0.3) is 16.9 Å². The first-order valence-electron chi connectivity index (χ1n) is 10.7. The van der Waals surface area contributed by atoms with E-state index in [0.717, 1.165) is 22.6 Å². The minimum absolute atomic E-state index is 0.327. The van der Waals surface area contributed by atoms with Crippen molar-refractivity contribution in [3.63, 3.8) is 0 Å². The third kappa shape index (κ3) is 4.32. The van der Waals surface area contributed by atoms with Crippen molar-refractivity contribution in [1.29, 1.82) is 0 Å². The fourth-order valence-corrected chi connectivity index (χ4v) is 3.96. The van der Waals surface area contributed by atoms with Crippen LogP contribution in [0, 0.1) is 6.92 Å². The zero-order chi connectivity index (χ0) is 23.5. The maximum Gasteiger partial charge on any atom is 0.337 e. The molecule has 3 aromatic rings. The molecule has 170 valence electrons. The fourth-order valence-electron chi connectivity index (χ4n) is 3.96. The number of carbonyl (C=O) groups is 2. The van der Waals surface area contributed by atoms with Crippen molar-refractivity contribution < 1.29 is 19.1 Å². The van der Waals surface area contributed by atoms with E-state index in [9.17, 15) is 9.59 Å². The summed E-state index contributed by atoms with van der Waals surface area (Å²) in [5, 5.41) is 10.4. The van der Waals surface area contributed by atoms with Gasteiger partial charge in [-0.05, 0) is 56.7 Å². The Morgan fingerprint density at radius 3 is 2.58 bits per heavy atom. The molecular weight excluding hydrogens is 420 g/mol. The number of hydrogen-bond acceptors (Lipinski definition) is 5. The fraction of sp³-hybridized carbons (Fsp3) is 0.240. The number of aromatic nitrogens is 2. The molecule has 2 aromatic carbocycles. The first kappa shape index (κ1) is 22.1. The molecule has 1 aliphatic heterocycles. The highest BCUT2D eigenvalue weighted by atomic mass is 16.5. The van der Waals surface area contributed by atoms with E-state index in [0.29, 0.717) is 29.1 Å². The highest BCUT2D eigenvalue weighted by molar-refractivity contribution is 5.95. The number of benzene rings is 2. The number of esters is 1. The van der Waals surface area contributed by atoms with Crippen LogP contribution in [-0.2, 0) is 9.53 Å². The van der Waals surface area contributed by atoms with Crippen molar-refractivity contribution in [3.8, 4) is 22.7 Å². The van der Waals surface area contributed by atoms with Crippen molar-refractivity contribution in [2.24, 2.45) is 0 Å². The highest BCUT2D eigenvalue weighted by Crippen LogP contribution is 2.36. The highest BCUT2D eigenvalue weighted by Gasteiger charge is 2.35. The molecule has 0 bridgehead atoms. The Morgan fingerprint density at radius 1 is 1.15 bits per heavy atom. The van der Waals surface area contributed by atoms with E-state index >= 15 is 0 Å². The Balaban J connectivity index is 1.91. The van der Waals surface area contributed by atoms with Gasteiger partial charge in [0.05, 0.1) is 36.7 Å². The van der Waals surface area contributed by atoms with Gasteiger partial charge in [-0.3, -0.25) is 0 Å². The minimum atomic E-state index is -0.731. The molecule has 2 heterocycles. The predicted octanol–water partition coefficient (Wildman–Crippen LogP) is 4.05. The van der Waals surface area contributed by atoms with E-state index in [1.54, 1.807) is 11.6 Å². The number of methoxy groups -OCH3 is 1. The van der Waals surface area contributed by atoms with Crippen LogP contribution in [0.4, 0.5) is 4.79 Å². The van der Waals surface area contributed by atoms with Crippen molar-refractivity contribution in [2.75, 3.05) is 13.7 Å². The summed E-state index contributed by atoms with van der Waals surface area (Å²) in [6.07, 6.45) is 1.84. The maximum atomic E-state index is 12.6. The lowest BCUT2D eigenvalue weighted by Crippen LogP contribution is -2.45. The van der Waals surface area contributed by atoms with Crippen LogP contribution in [0.1, 0.15) is 31.0 Å². The van der Waals surface area contributed by atoms with E-state index in [2.05, 4.69) is 10.6 Å². The van der Waals surface area contributed by atoms with Crippen molar-refractivity contribution in [2.45, 2.75) is 26.8 Å². The summed E-state index contributed by atoms with van der Waals surface area (Å²) in [6.45, 7) is 6.16. The van der Waals surface area contributed by atoms with Gasteiger partial charge in [-0.1, -0.05) is 18.2 Å². The summed E-state index contributed by atoms with van der Waals surface area (Å²) in [5.74, 6) is 0.276. The van der Waals surface area contributed by atoms with E-state index in [4.69, 9.17) is 14.6 Å². The molecule has 4 rings (SSSR count). The molecule has 33 heavy (non-hydrogen) atoms. The molecule has 8 nitrogen and oxygen atoms in total. The second-order valence-electron chi connectivity index (χ2n) is 7.69. The topological polar surface area (TPSA) is 94.5 Å². The van der Waals surface area contributed by atoms with Crippen molar-refractivity contribution in [1.82, 2.24) is 20.4 Å². The lowest BCUT2D eigenvalue weighted by atomic mass is 9.93. The molecule has 1 unspecified atom stereocenters. The minimum Gasteiger partial charge on any atom is -0.494 e. The van der Waals surface area contributed by atoms with Gasteiger partial charge in [0.25, 0.3) is 0 Å². The third-order valence-corrected chi connectivity index (χ3v) is 5.50. The smallest absolute Gasteiger partial charge is 0.337 e. The lowest BCUT2D eigenvalue weighted by molar-refractivity contribution is -0.136. The first-order chi connectivity index (χ1) is 15.9. The second-order valence-corrected chi connectivity index (χ2v) is 7.69. The SMILES string of the molecule is CCOc1ccc(-c2nn(-c3ccccc3)cc2C2NC(=O)NC(C)=C2C(=O)OC)cc1C. The average molecular weight is 447 g/mol. The standard InChI is InChI=1S/C25H26N4O4/c1-5-33-20-12-11-17(13-15(20)2)22-19(14-29(28-22)18-9-7-6-8-10-18)23-21(24(30)32-4)16(3)26-25(31)27-23/h6-14,23H,5H2,1-4H3,(H2,26,27,31). The second kappa shape index (κ2) is 9.20. The molecule has 0 aliphatic carbocycles. The largest absolute Gasteiger partial charge is 0.494 e. The summed E-state index contributed by atoms with van der Waals surface area (Å²) < 4.78 is 12.4. The zero-order valence-electron chi connectivity index (χ0n) is 19.0. The molecule has 1 aromatic heterocycles. The summed E-state index contributed by atoms with van der Waals surface area (Å²) in [6, 6.07) is 14.3. The Kier molecular flexibility index (Phi) is 6.17. The molecule has 2 amide bonds. The predicted molar refractivity (Wildman–Crippen MR) is 124 cm³/mol. The first-order valence-corrected chi connectivity index (χ1v) is 10.7. The number of urea groups is 1. The Morgan fingerprint density at radius 2 is 1.91 bits per heavy atom. The van der Waals surface area contributed by atoms with Gasteiger partial charge in [0.1, 0.15) is 5.75 Å².